The number of H-pyrrole nitrogens is 1. The van der Waals surface area contributed by atoms with Gasteiger partial charge in [-0.05, 0) is 19.1 Å². The van der Waals surface area contributed by atoms with Gasteiger partial charge in [-0.25, -0.2) is 9.97 Å². The number of nitrogens with one attached hydrogen (secondary N) is 2. The van der Waals surface area contributed by atoms with E-state index >= 15 is 0 Å². The van der Waals surface area contributed by atoms with Crippen LogP contribution in [0.2, 0.25) is 0 Å². The van der Waals surface area contributed by atoms with Crippen molar-refractivity contribution < 1.29 is 4.79 Å². The Hall–Kier alpha value is -2.44. The van der Waals surface area contributed by atoms with Crippen molar-refractivity contribution >= 4 is 11.7 Å². The number of carbonyl (C=O) groups excluding carboxylic acids is 1. The molecule has 2 rings (SSSR count). The number of aromatic amines is 1. The minimum absolute atomic E-state index is 0.174. The number of nitrogens with two attached hydrogens (primary N) is 1. The number of carbonyl (C=O) groups is 1. The minimum atomic E-state index is -0.174. The average Bonchev–Trinajstić information content (AvgIpc) is 2.80. The van der Waals surface area contributed by atoms with E-state index in [0.717, 1.165) is 11.5 Å². The highest BCUT2D eigenvalue weighted by molar-refractivity contribution is 5.94. The number of nitrogen functional groups attached to an aromatic ring is 1. The van der Waals surface area contributed by atoms with Gasteiger partial charge < -0.3 is 11.1 Å². The summed E-state index contributed by atoms with van der Waals surface area (Å²) in [6.45, 7) is 2.27. The van der Waals surface area contributed by atoms with Crippen LogP contribution in [0.4, 0.5) is 5.82 Å². The van der Waals surface area contributed by atoms with E-state index in [1.165, 1.54) is 6.33 Å². The summed E-state index contributed by atoms with van der Waals surface area (Å²) >= 11 is 0. The standard InChI is InChI=1S/C11H14N6O/c1-7-4-8(5-9(12)16-7)11(18)13-3-2-10-14-6-15-17-10/h4-6H,2-3H2,1H3,(H2,12,16)(H,13,18)(H,14,15,17). The molecule has 2 aromatic rings. The Kier molecular flexibility index (Phi) is 3.52. The number of aryl methyl sites for hydroxylation is 1. The van der Waals surface area contributed by atoms with Crippen LogP contribution in [0.15, 0.2) is 18.5 Å². The molecule has 1 amide bonds. The summed E-state index contributed by atoms with van der Waals surface area (Å²) in [5, 5.41) is 9.24. The predicted octanol–water partition coefficient (Wildman–Crippen LogP) is 0.0628. The maximum absolute atomic E-state index is 11.8. The van der Waals surface area contributed by atoms with Crippen LogP contribution in [0.5, 0.6) is 0 Å². The normalized spacial score (nSPS) is 10.3. The van der Waals surface area contributed by atoms with Gasteiger partial charge >= 0.3 is 0 Å². The van der Waals surface area contributed by atoms with Crippen LogP contribution in [0.3, 0.4) is 0 Å². The van der Waals surface area contributed by atoms with E-state index in [9.17, 15) is 4.79 Å². The Balaban J connectivity index is 1.91. The highest BCUT2D eigenvalue weighted by Gasteiger charge is 2.07. The third-order valence-corrected chi connectivity index (χ3v) is 2.35. The topological polar surface area (TPSA) is 110 Å². The Morgan fingerprint density at radius 1 is 1.50 bits per heavy atom. The van der Waals surface area contributed by atoms with Gasteiger partial charge in [0, 0.05) is 24.2 Å². The van der Waals surface area contributed by atoms with Gasteiger partial charge in [-0.15, -0.1) is 0 Å². The number of hydrogen-bond acceptors (Lipinski definition) is 5. The molecule has 0 radical (unpaired) electrons. The zero-order valence-electron chi connectivity index (χ0n) is 9.97. The molecule has 0 aliphatic carbocycles. The number of pyridine rings is 1. The van der Waals surface area contributed by atoms with E-state index in [4.69, 9.17) is 5.73 Å². The molecule has 7 heteroatoms. The molecular formula is C11H14N6O. The zero-order chi connectivity index (χ0) is 13.0. The quantitative estimate of drug-likeness (QED) is 0.706. The van der Waals surface area contributed by atoms with E-state index in [-0.39, 0.29) is 5.91 Å². The molecule has 7 nitrogen and oxygen atoms in total. The molecule has 0 unspecified atom stereocenters. The second kappa shape index (κ2) is 5.26. The maximum Gasteiger partial charge on any atom is 0.251 e. The molecule has 0 aliphatic heterocycles. The molecule has 2 heterocycles. The molecular weight excluding hydrogens is 232 g/mol. The van der Waals surface area contributed by atoms with Gasteiger partial charge in [-0.1, -0.05) is 0 Å². The fourth-order valence-corrected chi connectivity index (χ4v) is 1.57. The molecule has 0 saturated carbocycles. The lowest BCUT2D eigenvalue weighted by atomic mass is 10.2. The highest BCUT2D eigenvalue weighted by atomic mass is 16.1. The van der Waals surface area contributed by atoms with Crippen LogP contribution < -0.4 is 11.1 Å². The molecule has 0 bridgehead atoms. The third-order valence-electron chi connectivity index (χ3n) is 2.35. The van der Waals surface area contributed by atoms with Crippen molar-refractivity contribution in [1.29, 1.82) is 0 Å². The van der Waals surface area contributed by atoms with E-state index in [0.29, 0.717) is 24.3 Å². The summed E-state index contributed by atoms with van der Waals surface area (Å²) in [7, 11) is 0. The lowest BCUT2D eigenvalue weighted by molar-refractivity contribution is 0.0954. The van der Waals surface area contributed by atoms with Gasteiger partial charge in [-0.2, -0.15) is 5.10 Å². The fourth-order valence-electron chi connectivity index (χ4n) is 1.57. The molecule has 4 N–H and O–H groups in total. The first-order chi connectivity index (χ1) is 8.65. The second-order valence-corrected chi connectivity index (χ2v) is 3.86. The second-order valence-electron chi connectivity index (χ2n) is 3.86. The summed E-state index contributed by atoms with van der Waals surface area (Å²) in [5.74, 6) is 0.905. The van der Waals surface area contributed by atoms with Gasteiger partial charge in [-0.3, -0.25) is 9.89 Å². The summed E-state index contributed by atoms with van der Waals surface area (Å²) in [6, 6.07) is 3.25. The zero-order valence-corrected chi connectivity index (χ0v) is 9.97. The van der Waals surface area contributed by atoms with Gasteiger partial charge in [0.05, 0.1) is 0 Å². The van der Waals surface area contributed by atoms with Crippen LogP contribution >= 0.6 is 0 Å². The highest BCUT2D eigenvalue weighted by Crippen LogP contribution is 2.06. The Labute approximate surface area is 104 Å². The Bertz CT molecular complexity index is 516. The minimum Gasteiger partial charge on any atom is -0.384 e. The number of aromatic nitrogens is 4. The lowest BCUT2D eigenvalue weighted by Crippen LogP contribution is -2.26. The third kappa shape index (κ3) is 3.03. The number of anilines is 1. The average molecular weight is 246 g/mol. The Morgan fingerprint density at radius 3 is 3.00 bits per heavy atom. The maximum atomic E-state index is 11.8. The largest absolute Gasteiger partial charge is 0.384 e. The van der Waals surface area contributed by atoms with Crippen molar-refractivity contribution in [2.24, 2.45) is 0 Å². The van der Waals surface area contributed by atoms with Crippen LogP contribution in [-0.4, -0.2) is 32.6 Å². The number of amides is 1. The predicted molar refractivity (Wildman–Crippen MR) is 65.8 cm³/mol. The number of hydrogen-bond donors (Lipinski definition) is 3. The van der Waals surface area contributed by atoms with E-state index in [2.05, 4.69) is 25.5 Å². The molecule has 0 aliphatic rings. The van der Waals surface area contributed by atoms with Gasteiger partial charge in [0.15, 0.2) is 0 Å². The van der Waals surface area contributed by atoms with Crippen molar-refractivity contribution in [2.75, 3.05) is 12.3 Å². The number of nitrogens with zero attached hydrogens (tertiary/aromatic N) is 3. The van der Waals surface area contributed by atoms with Crippen LogP contribution in [0, 0.1) is 6.92 Å². The van der Waals surface area contributed by atoms with E-state index < -0.39 is 0 Å². The van der Waals surface area contributed by atoms with Gasteiger partial charge in [0.1, 0.15) is 18.0 Å². The van der Waals surface area contributed by atoms with E-state index in [1.807, 2.05) is 0 Å². The molecule has 0 atom stereocenters. The van der Waals surface area contributed by atoms with Crippen molar-refractivity contribution in [3.8, 4) is 0 Å². The molecule has 0 aromatic carbocycles. The summed E-state index contributed by atoms with van der Waals surface area (Å²) in [5.41, 5.74) is 6.82. The first-order valence-corrected chi connectivity index (χ1v) is 5.52. The monoisotopic (exact) mass is 246 g/mol. The van der Waals surface area contributed by atoms with E-state index in [1.54, 1.807) is 19.1 Å². The SMILES string of the molecule is Cc1cc(C(=O)NCCc2ncn[nH]2)cc(N)n1. The lowest BCUT2D eigenvalue weighted by Gasteiger charge is -2.05. The van der Waals surface area contributed by atoms with Crippen LogP contribution in [0.25, 0.3) is 0 Å². The summed E-state index contributed by atoms with van der Waals surface area (Å²) in [6.07, 6.45) is 2.04. The van der Waals surface area contributed by atoms with Crippen molar-refractivity contribution in [3.63, 3.8) is 0 Å². The van der Waals surface area contributed by atoms with Crippen LogP contribution in [0.1, 0.15) is 21.9 Å². The molecule has 2 aromatic heterocycles. The first kappa shape index (κ1) is 12.0. The van der Waals surface area contributed by atoms with Crippen molar-refractivity contribution in [2.45, 2.75) is 13.3 Å². The molecule has 0 saturated heterocycles. The summed E-state index contributed by atoms with van der Waals surface area (Å²) < 4.78 is 0. The molecule has 94 valence electrons. The first-order valence-electron chi connectivity index (χ1n) is 5.52. The summed E-state index contributed by atoms with van der Waals surface area (Å²) in [4.78, 5) is 19.8. The van der Waals surface area contributed by atoms with Gasteiger partial charge in [0.25, 0.3) is 5.91 Å². The molecule has 18 heavy (non-hydrogen) atoms. The number of rotatable bonds is 4. The molecule has 0 fully saturated rings. The smallest absolute Gasteiger partial charge is 0.251 e. The molecule has 0 spiro atoms. The fraction of sp³-hybridized carbons (Fsp3) is 0.273. The van der Waals surface area contributed by atoms with Crippen molar-refractivity contribution in [1.82, 2.24) is 25.5 Å². The van der Waals surface area contributed by atoms with Crippen molar-refractivity contribution in [3.05, 3.63) is 35.5 Å². The van der Waals surface area contributed by atoms with Gasteiger partial charge in [0.2, 0.25) is 0 Å². The van der Waals surface area contributed by atoms with Crippen LogP contribution in [-0.2, 0) is 6.42 Å². The Morgan fingerprint density at radius 2 is 2.33 bits per heavy atom.